The number of pyridine rings is 1. The molecular weight excluding hydrogens is 283 g/mol. The van der Waals surface area contributed by atoms with Gasteiger partial charge >= 0.3 is 0 Å². The van der Waals surface area contributed by atoms with E-state index in [1.165, 1.54) is 19.2 Å². The van der Waals surface area contributed by atoms with Gasteiger partial charge in [0.05, 0.1) is 12.0 Å². The summed E-state index contributed by atoms with van der Waals surface area (Å²) in [7, 11) is -2.24. The first-order valence-corrected chi connectivity index (χ1v) is 7.24. The molecule has 20 heavy (non-hydrogen) atoms. The highest BCUT2D eigenvalue weighted by atomic mass is 32.2. The van der Waals surface area contributed by atoms with Gasteiger partial charge in [-0.1, -0.05) is 6.07 Å². The fourth-order valence-corrected chi connectivity index (χ4v) is 2.62. The molecule has 0 spiro atoms. The molecular formula is C13H13FN2O3S. The van der Waals surface area contributed by atoms with Gasteiger partial charge in [-0.2, -0.15) is 0 Å². The number of halogens is 1. The molecule has 0 saturated heterocycles. The largest absolute Gasteiger partial charge is 0.481 e. The Morgan fingerprint density at radius 3 is 2.60 bits per heavy atom. The lowest BCUT2D eigenvalue weighted by Crippen LogP contribution is -2.23. The van der Waals surface area contributed by atoms with E-state index < -0.39 is 15.8 Å². The van der Waals surface area contributed by atoms with Gasteiger partial charge in [-0.25, -0.2) is 22.5 Å². The summed E-state index contributed by atoms with van der Waals surface area (Å²) in [5.74, 6) is -0.132. The van der Waals surface area contributed by atoms with Crippen molar-refractivity contribution in [3.63, 3.8) is 0 Å². The van der Waals surface area contributed by atoms with Crippen LogP contribution >= 0.6 is 0 Å². The minimum Gasteiger partial charge on any atom is -0.481 e. The van der Waals surface area contributed by atoms with Crippen molar-refractivity contribution in [2.24, 2.45) is 0 Å². The van der Waals surface area contributed by atoms with Crippen LogP contribution in [0.3, 0.4) is 0 Å². The summed E-state index contributed by atoms with van der Waals surface area (Å²) in [6, 6.07) is 8.00. The van der Waals surface area contributed by atoms with E-state index in [2.05, 4.69) is 9.71 Å². The first-order valence-electron chi connectivity index (χ1n) is 5.76. The maximum atomic E-state index is 12.8. The van der Waals surface area contributed by atoms with Crippen molar-refractivity contribution in [1.82, 2.24) is 9.71 Å². The topological polar surface area (TPSA) is 68.3 Å². The summed E-state index contributed by atoms with van der Waals surface area (Å²) in [6.45, 7) is 0.0384. The Morgan fingerprint density at radius 2 is 1.95 bits per heavy atom. The summed E-state index contributed by atoms with van der Waals surface area (Å²) >= 11 is 0. The molecule has 2 aromatic rings. The molecule has 1 N–H and O–H groups in total. The quantitative estimate of drug-likeness (QED) is 0.912. The highest BCUT2D eigenvalue weighted by Gasteiger charge is 2.14. The van der Waals surface area contributed by atoms with Crippen molar-refractivity contribution in [3.05, 3.63) is 54.0 Å². The van der Waals surface area contributed by atoms with Gasteiger partial charge in [-0.3, -0.25) is 0 Å². The molecule has 1 aromatic carbocycles. The average Bonchev–Trinajstić information content (AvgIpc) is 2.46. The lowest BCUT2D eigenvalue weighted by atomic mass is 10.3. The summed E-state index contributed by atoms with van der Waals surface area (Å²) in [4.78, 5) is 3.98. The predicted molar refractivity (Wildman–Crippen MR) is 71.2 cm³/mol. The number of nitrogens with one attached hydrogen (secondary N) is 1. The molecule has 0 saturated carbocycles. The number of methoxy groups -OCH3 is 1. The molecule has 0 radical (unpaired) electrons. The second kappa shape index (κ2) is 5.98. The highest BCUT2D eigenvalue weighted by molar-refractivity contribution is 7.89. The van der Waals surface area contributed by atoms with Crippen LogP contribution in [0.25, 0.3) is 0 Å². The van der Waals surface area contributed by atoms with Crippen molar-refractivity contribution in [3.8, 4) is 5.88 Å². The smallest absolute Gasteiger partial charge is 0.240 e. The number of benzene rings is 1. The summed E-state index contributed by atoms with van der Waals surface area (Å²) in [6.07, 6.45) is 1.55. The van der Waals surface area contributed by atoms with E-state index in [1.54, 1.807) is 18.3 Å². The monoisotopic (exact) mass is 296 g/mol. The predicted octanol–water partition coefficient (Wildman–Crippen LogP) is 1.71. The number of ether oxygens (including phenoxy) is 1. The van der Waals surface area contributed by atoms with Crippen molar-refractivity contribution in [2.75, 3.05) is 7.11 Å². The van der Waals surface area contributed by atoms with Crippen LogP contribution in [0.5, 0.6) is 5.88 Å². The van der Waals surface area contributed by atoms with Gasteiger partial charge < -0.3 is 4.74 Å². The Morgan fingerprint density at radius 1 is 1.25 bits per heavy atom. The molecule has 0 aliphatic heterocycles. The van der Waals surface area contributed by atoms with E-state index in [-0.39, 0.29) is 11.4 Å². The Balaban J connectivity index is 2.15. The van der Waals surface area contributed by atoms with Crippen LogP contribution in [-0.2, 0) is 16.6 Å². The lowest BCUT2D eigenvalue weighted by Gasteiger charge is -2.09. The Kier molecular flexibility index (Phi) is 4.31. The van der Waals surface area contributed by atoms with Crippen molar-refractivity contribution in [2.45, 2.75) is 11.4 Å². The van der Waals surface area contributed by atoms with Gasteiger partial charge in [0.2, 0.25) is 15.9 Å². The molecule has 1 heterocycles. The van der Waals surface area contributed by atoms with Crippen LogP contribution in [0.4, 0.5) is 4.39 Å². The van der Waals surface area contributed by atoms with Gasteiger partial charge in [0, 0.05) is 18.3 Å². The fraction of sp³-hybridized carbons (Fsp3) is 0.154. The number of rotatable bonds is 5. The molecule has 0 unspecified atom stereocenters. The van der Waals surface area contributed by atoms with E-state index >= 15 is 0 Å². The molecule has 0 aliphatic rings. The first-order chi connectivity index (χ1) is 9.53. The van der Waals surface area contributed by atoms with Gasteiger partial charge in [-0.05, 0) is 30.3 Å². The number of hydrogen-bond donors (Lipinski definition) is 1. The Bertz CT molecular complexity index is 687. The number of sulfonamides is 1. The van der Waals surface area contributed by atoms with Crippen molar-refractivity contribution < 1.29 is 17.5 Å². The second-order valence-electron chi connectivity index (χ2n) is 3.95. The van der Waals surface area contributed by atoms with Crippen LogP contribution in [0.15, 0.2) is 47.5 Å². The van der Waals surface area contributed by atoms with Crippen LogP contribution in [0.1, 0.15) is 5.56 Å². The molecule has 5 nitrogen and oxygen atoms in total. The second-order valence-corrected chi connectivity index (χ2v) is 5.72. The fourth-order valence-electron chi connectivity index (χ4n) is 1.61. The number of hydrogen-bond acceptors (Lipinski definition) is 4. The molecule has 1 aromatic heterocycles. The third-order valence-corrected chi connectivity index (χ3v) is 4.04. The molecule has 0 fully saturated rings. The van der Waals surface area contributed by atoms with Crippen LogP contribution in [-0.4, -0.2) is 20.5 Å². The molecule has 0 atom stereocenters. The van der Waals surface area contributed by atoms with Gasteiger partial charge in [-0.15, -0.1) is 0 Å². The van der Waals surface area contributed by atoms with Gasteiger partial charge in [0.15, 0.2) is 0 Å². The maximum absolute atomic E-state index is 12.8. The molecule has 2 rings (SSSR count). The SMILES string of the molecule is COc1ncccc1CNS(=O)(=O)c1ccc(F)cc1. The van der Waals surface area contributed by atoms with Gasteiger partial charge in [0.25, 0.3) is 0 Å². The van der Waals surface area contributed by atoms with E-state index in [0.717, 1.165) is 12.1 Å². The van der Waals surface area contributed by atoms with Crippen LogP contribution in [0, 0.1) is 5.82 Å². The molecule has 0 bridgehead atoms. The minimum absolute atomic E-state index is 0.00163. The highest BCUT2D eigenvalue weighted by Crippen LogP contribution is 2.15. The summed E-state index contributed by atoms with van der Waals surface area (Å²) in [5, 5.41) is 0. The molecule has 0 aliphatic carbocycles. The van der Waals surface area contributed by atoms with E-state index in [0.29, 0.717) is 11.4 Å². The third kappa shape index (κ3) is 3.31. The Labute approximate surface area is 116 Å². The standard InChI is InChI=1S/C13H13FN2O3S/c1-19-13-10(3-2-8-15-13)9-16-20(17,18)12-6-4-11(14)5-7-12/h2-8,16H,9H2,1H3. The van der Waals surface area contributed by atoms with Gasteiger partial charge in [0.1, 0.15) is 5.82 Å². The van der Waals surface area contributed by atoms with Crippen LogP contribution in [0.2, 0.25) is 0 Å². The minimum atomic E-state index is -3.70. The zero-order valence-electron chi connectivity index (χ0n) is 10.7. The average molecular weight is 296 g/mol. The molecule has 0 amide bonds. The van der Waals surface area contributed by atoms with Crippen molar-refractivity contribution in [1.29, 1.82) is 0 Å². The zero-order valence-corrected chi connectivity index (χ0v) is 11.5. The van der Waals surface area contributed by atoms with E-state index in [9.17, 15) is 12.8 Å². The first kappa shape index (κ1) is 14.4. The number of aromatic nitrogens is 1. The molecule has 106 valence electrons. The molecule has 7 heteroatoms. The van der Waals surface area contributed by atoms with E-state index in [1.807, 2.05) is 0 Å². The lowest BCUT2D eigenvalue weighted by molar-refractivity contribution is 0.392. The normalized spacial score (nSPS) is 11.3. The maximum Gasteiger partial charge on any atom is 0.240 e. The third-order valence-electron chi connectivity index (χ3n) is 2.62. The number of nitrogens with zero attached hydrogens (tertiary/aromatic N) is 1. The zero-order chi connectivity index (χ0) is 14.6. The summed E-state index contributed by atoms with van der Waals surface area (Å²) in [5.41, 5.74) is 0.612. The Hall–Kier alpha value is -1.99. The van der Waals surface area contributed by atoms with Crippen LogP contribution < -0.4 is 9.46 Å². The van der Waals surface area contributed by atoms with E-state index in [4.69, 9.17) is 4.74 Å². The van der Waals surface area contributed by atoms with Crippen molar-refractivity contribution >= 4 is 10.0 Å². The summed E-state index contributed by atoms with van der Waals surface area (Å²) < 4.78 is 44.3.